The van der Waals surface area contributed by atoms with Crippen LogP contribution >= 0.6 is 0 Å². The van der Waals surface area contributed by atoms with Crippen LogP contribution < -0.4 is 10.2 Å². The van der Waals surface area contributed by atoms with E-state index in [4.69, 9.17) is 0 Å². The number of pyridine rings is 1. The molecule has 8 heteroatoms. The molecule has 0 spiro atoms. The molecular formula is C24H23N3O5. The highest BCUT2D eigenvalue weighted by molar-refractivity contribution is 6.01. The third kappa shape index (κ3) is 3.88. The lowest BCUT2D eigenvalue weighted by atomic mass is 10.0. The van der Waals surface area contributed by atoms with Crippen molar-refractivity contribution in [1.29, 1.82) is 0 Å². The number of aromatic nitrogens is 1. The molecule has 0 saturated heterocycles. The topological polar surface area (TPSA) is 112 Å². The molecule has 1 aliphatic rings. The first-order chi connectivity index (χ1) is 15.4. The highest BCUT2D eigenvalue weighted by atomic mass is 16.5. The lowest BCUT2D eigenvalue weighted by molar-refractivity contribution is -0.144. The summed E-state index contributed by atoms with van der Waals surface area (Å²) in [5, 5.41) is 24.6. The van der Waals surface area contributed by atoms with Gasteiger partial charge in [0.05, 0.1) is 13.7 Å². The predicted octanol–water partition coefficient (Wildman–Crippen LogP) is 2.30. The second-order valence-electron chi connectivity index (χ2n) is 7.50. The number of carbonyl (C=O) groups excluding carboxylic acids is 2. The lowest BCUT2D eigenvalue weighted by Crippen LogP contribution is -2.46. The molecule has 1 amide bonds. The fraction of sp³-hybridized carbons (Fsp3) is 0.208. The van der Waals surface area contributed by atoms with E-state index in [1.54, 1.807) is 29.3 Å². The molecule has 3 N–H and O–H groups in total. The zero-order chi connectivity index (χ0) is 22.8. The van der Waals surface area contributed by atoms with Crippen molar-refractivity contribution >= 4 is 40.1 Å². The SMILES string of the molecule is COC(=O)[C@H](C)NC(=O)CN1c2ccccc2C(=Cc2ccc(O)c3ncccc23)C1O. The zero-order valence-electron chi connectivity index (χ0n) is 17.6. The number of nitrogens with zero attached hydrogens (tertiary/aromatic N) is 2. The summed E-state index contributed by atoms with van der Waals surface area (Å²) in [6.45, 7) is 1.39. The fourth-order valence-electron chi connectivity index (χ4n) is 3.88. The average molecular weight is 433 g/mol. The number of anilines is 1. The fourth-order valence-corrected chi connectivity index (χ4v) is 3.88. The number of benzene rings is 2. The minimum Gasteiger partial charge on any atom is -0.506 e. The van der Waals surface area contributed by atoms with Gasteiger partial charge >= 0.3 is 5.97 Å². The maximum absolute atomic E-state index is 12.5. The first-order valence-electron chi connectivity index (χ1n) is 10.1. The molecule has 32 heavy (non-hydrogen) atoms. The van der Waals surface area contributed by atoms with Crippen LogP contribution in [-0.4, -0.2) is 53.0 Å². The molecule has 2 heterocycles. The van der Waals surface area contributed by atoms with E-state index in [-0.39, 0.29) is 12.3 Å². The van der Waals surface area contributed by atoms with E-state index in [0.29, 0.717) is 16.8 Å². The minimum atomic E-state index is -1.08. The number of phenolic OH excluding ortho intramolecular Hbond substituents is 1. The molecule has 0 radical (unpaired) electrons. The van der Waals surface area contributed by atoms with Crippen LogP contribution in [0.1, 0.15) is 18.1 Å². The quantitative estimate of drug-likeness (QED) is 0.529. The zero-order valence-corrected chi connectivity index (χ0v) is 17.6. The van der Waals surface area contributed by atoms with E-state index < -0.39 is 24.1 Å². The molecule has 8 nitrogen and oxygen atoms in total. The van der Waals surface area contributed by atoms with Gasteiger partial charge in [0.1, 0.15) is 17.3 Å². The molecule has 164 valence electrons. The van der Waals surface area contributed by atoms with Crippen molar-refractivity contribution < 1.29 is 24.5 Å². The number of aliphatic hydroxyl groups is 1. The Kier molecular flexibility index (Phi) is 5.79. The van der Waals surface area contributed by atoms with Crippen molar-refractivity contribution in [2.45, 2.75) is 19.2 Å². The summed E-state index contributed by atoms with van der Waals surface area (Å²) >= 11 is 0. The number of ether oxygens (including phenoxy) is 1. The molecule has 2 aromatic carbocycles. The third-order valence-electron chi connectivity index (χ3n) is 5.44. The third-order valence-corrected chi connectivity index (χ3v) is 5.44. The highest BCUT2D eigenvalue weighted by Gasteiger charge is 2.34. The van der Waals surface area contributed by atoms with Crippen LogP contribution in [0.4, 0.5) is 5.69 Å². The summed E-state index contributed by atoms with van der Waals surface area (Å²) in [4.78, 5) is 29.9. The van der Waals surface area contributed by atoms with Crippen LogP contribution in [-0.2, 0) is 14.3 Å². The summed E-state index contributed by atoms with van der Waals surface area (Å²) in [6.07, 6.45) is 2.36. The summed E-state index contributed by atoms with van der Waals surface area (Å²) < 4.78 is 4.64. The van der Waals surface area contributed by atoms with Crippen molar-refractivity contribution in [1.82, 2.24) is 10.3 Å². The van der Waals surface area contributed by atoms with Crippen molar-refractivity contribution in [2.24, 2.45) is 0 Å². The Bertz CT molecular complexity index is 1220. The first kappa shape index (κ1) is 21.3. The van der Waals surface area contributed by atoms with Gasteiger partial charge in [0, 0.05) is 28.4 Å². The maximum atomic E-state index is 12.5. The van der Waals surface area contributed by atoms with Crippen molar-refractivity contribution in [3.63, 3.8) is 0 Å². The molecule has 0 bridgehead atoms. The highest BCUT2D eigenvalue weighted by Crippen LogP contribution is 2.41. The van der Waals surface area contributed by atoms with Crippen LogP contribution in [0.5, 0.6) is 5.75 Å². The molecular weight excluding hydrogens is 410 g/mol. The van der Waals surface area contributed by atoms with Gasteiger partial charge in [-0.25, -0.2) is 4.79 Å². The molecule has 0 saturated carbocycles. The van der Waals surface area contributed by atoms with Gasteiger partial charge in [-0.15, -0.1) is 0 Å². The largest absolute Gasteiger partial charge is 0.506 e. The van der Waals surface area contributed by atoms with Gasteiger partial charge in [0.2, 0.25) is 5.91 Å². The number of methoxy groups -OCH3 is 1. The Morgan fingerprint density at radius 2 is 2.00 bits per heavy atom. The van der Waals surface area contributed by atoms with Gasteiger partial charge in [-0.3, -0.25) is 9.78 Å². The van der Waals surface area contributed by atoms with Crippen LogP contribution in [0.3, 0.4) is 0 Å². The summed E-state index contributed by atoms with van der Waals surface area (Å²) in [5.74, 6) is -0.889. The summed E-state index contributed by atoms with van der Waals surface area (Å²) in [5.41, 5.74) is 3.36. The average Bonchev–Trinajstić information content (AvgIpc) is 3.06. The predicted molar refractivity (Wildman–Crippen MR) is 121 cm³/mol. The summed E-state index contributed by atoms with van der Waals surface area (Å²) in [6, 6.07) is 13.5. The molecule has 2 atom stereocenters. The maximum Gasteiger partial charge on any atom is 0.328 e. The standard InChI is InChI=1S/C24H23N3O5/c1-14(24(31)32-2)26-21(29)13-27-19-8-4-3-6-17(19)18(23(27)30)12-15-9-10-20(28)22-16(15)7-5-11-25-22/h3-12,14,23,28,30H,13H2,1-2H3,(H,26,29)/t14-,23?/m0/s1. The number of aliphatic hydroxyl groups excluding tert-OH is 1. The number of phenols is 1. The van der Waals surface area contributed by atoms with Gasteiger partial charge in [-0.2, -0.15) is 0 Å². The number of aromatic hydroxyl groups is 1. The van der Waals surface area contributed by atoms with E-state index in [0.717, 1.165) is 16.5 Å². The Balaban J connectivity index is 1.68. The molecule has 3 aromatic rings. The number of hydrogen-bond acceptors (Lipinski definition) is 7. The second kappa shape index (κ2) is 8.68. The second-order valence-corrected chi connectivity index (χ2v) is 7.50. The van der Waals surface area contributed by atoms with E-state index in [2.05, 4.69) is 15.0 Å². The molecule has 4 rings (SSSR count). The van der Waals surface area contributed by atoms with E-state index in [9.17, 15) is 19.8 Å². The van der Waals surface area contributed by atoms with Gasteiger partial charge in [-0.05, 0) is 36.8 Å². The molecule has 1 aromatic heterocycles. The van der Waals surface area contributed by atoms with Crippen LogP contribution in [0.25, 0.3) is 22.6 Å². The number of carbonyl (C=O) groups is 2. The Morgan fingerprint density at radius 3 is 2.78 bits per heavy atom. The van der Waals surface area contributed by atoms with Crippen LogP contribution in [0.15, 0.2) is 54.7 Å². The van der Waals surface area contributed by atoms with E-state index >= 15 is 0 Å². The smallest absolute Gasteiger partial charge is 0.328 e. The normalized spacial score (nSPS) is 17.3. The van der Waals surface area contributed by atoms with Crippen molar-refractivity contribution in [3.05, 3.63) is 65.9 Å². The van der Waals surface area contributed by atoms with Gasteiger partial charge < -0.3 is 25.2 Å². The number of fused-ring (bicyclic) bond motifs is 2. The van der Waals surface area contributed by atoms with E-state index in [1.165, 1.54) is 14.0 Å². The van der Waals surface area contributed by atoms with Crippen LogP contribution in [0.2, 0.25) is 0 Å². The molecule has 0 fully saturated rings. The monoisotopic (exact) mass is 433 g/mol. The Morgan fingerprint density at radius 1 is 1.22 bits per heavy atom. The lowest BCUT2D eigenvalue weighted by Gasteiger charge is -2.24. The van der Waals surface area contributed by atoms with Crippen molar-refractivity contribution in [3.8, 4) is 5.75 Å². The number of amides is 1. The van der Waals surface area contributed by atoms with E-state index in [1.807, 2.05) is 36.4 Å². The first-order valence-corrected chi connectivity index (χ1v) is 10.1. The van der Waals surface area contributed by atoms with Gasteiger partial charge in [-0.1, -0.05) is 30.3 Å². The molecule has 1 aliphatic heterocycles. The number of nitrogens with one attached hydrogen (secondary N) is 1. The molecule has 1 unspecified atom stereocenters. The Labute approximate surface area is 184 Å². The van der Waals surface area contributed by atoms with Gasteiger partial charge in [0.25, 0.3) is 0 Å². The van der Waals surface area contributed by atoms with Gasteiger partial charge in [0.15, 0.2) is 6.23 Å². The van der Waals surface area contributed by atoms with Crippen molar-refractivity contribution in [2.75, 3.05) is 18.6 Å². The molecule has 0 aliphatic carbocycles. The number of rotatable bonds is 5. The minimum absolute atomic E-state index is 0.0770. The summed E-state index contributed by atoms with van der Waals surface area (Å²) in [7, 11) is 1.26. The Hall–Kier alpha value is -3.91. The number of hydrogen-bond donors (Lipinski definition) is 3. The number of esters is 1. The van der Waals surface area contributed by atoms with Crippen LogP contribution in [0, 0.1) is 0 Å². The number of para-hydroxylation sites is 1.